The van der Waals surface area contributed by atoms with Crippen molar-refractivity contribution in [2.24, 2.45) is 5.73 Å². The van der Waals surface area contributed by atoms with E-state index in [2.05, 4.69) is 5.32 Å². The summed E-state index contributed by atoms with van der Waals surface area (Å²) in [5.74, 6) is -0.933. The van der Waals surface area contributed by atoms with Crippen LogP contribution in [0.1, 0.15) is 47.4 Å². The minimum absolute atomic E-state index is 0. The summed E-state index contributed by atoms with van der Waals surface area (Å²) in [6.45, 7) is 0.393. The van der Waals surface area contributed by atoms with Gasteiger partial charge in [-0.25, -0.2) is 8.78 Å². The first kappa shape index (κ1) is 19.4. The number of nitrogens with one attached hydrogen (secondary N) is 1. The Bertz CT molecular complexity index is 722. The predicted molar refractivity (Wildman–Crippen MR) is 92.7 cm³/mol. The van der Waals surface area contributed by atoms with Crippen LogP contribution in [0.4, 0.5) is 8.78 Å². The summed E-state index contributed by atoms with van der Waals surface area (Å²) in [4.78, 5) is 12.3. The fourth-order valence-corrected chi connectivity index (χ4v) is 3.53. The summed E-state index contributed by atoms with van der Waals surface area (Å²) in [6, 6.07) is 5.46. The normalized spacial score (nSPS) is 15.6. The van der Waals surface area contributed by atoms with Gasteiger partial charge in [0.25, 0.3) is 5.91 Å². The minimum atomic E-state index is -0.703. The van der Waals surface area contributed by atoms with Gasteiger partial charge in [-0.2, -0.15) is 0 Å². The number of furan rings is 1. The lowest BCUT2D eigenvalue weighted by Gasteiger charge is -2.30. The maximum absolute atomic E-state index is 14.3. The van der Waals surface area contributed by atoms with Crippen LogP contribution >= 0.6 is 12.4 Å². The highest BCUT2D eigenvalue weighted by molar-refractivity contribution is 5.94. The maximum atomic E-state index is 14.3. The van der Waals surface area contributed by atoms with Crippen molar-refractivity contribution in [3.63, 3.8) is 0 Å². The van der Waals surface area contributed by atoms with Gasteiger partial charge in [-0.05, 0) is 31.0 Å². The second-order valence-electron chi connectivity index (χ2n) is 6.27. The molecule has 0 unspecified atom stereocenters. The largest absolute Gasteiger partial charge is 0.467 e. The zero-order valence-corrected chi connectivity index (χ0v) is 14.5. The van der Waals surface area contributed by atoms with Gasteiger partial charge in [0.15, 0.2) is 0 Å². The molecule has 3 N–H and O–H groups in total. The van der Waals surface area contributed by atoms with E-state index in [0.29, 0.717) is 24.2 Å². The molecule has 25 heavy (non-hydrogen) atoms. The molecule has 0 spiro atoms. The molecule has 1 aromatic heterocycles. The Labute approximate surface area is 151 Å². The first-order chi connectivity index (χ1) is 11.6. The number of carbonyl (C=O) groups is 1. The fourth-order valence-electron chi connectivity index (χ4n) is 3.53. The number of hydrogen-bond acceptors (Lipinski definition) is 3. The van der Waals surface area contributed by atoms with Crippen molar-refractivity contribution in [3.05, 3.63) is 59.1 Å². The molecule has 0 bridgehead atoms. The number of halogens is 3. The average Bonchev–Trinajstić information content (AvgIpc) is 3.22. The molecule has 7 heteroatoms. The highest BCUT2D eigenvalue weighted by Gasteiger charge is 2.40. The van der Waals surface area contributed by atoms with Crippen molar-refractivity contribution in [1.82, 2.24) is 5.32 Å². The van der Waals surface area contributed by atoms with Crippen molar-refractivity contribution < 1.29 is 18.0 Å². The third-order valence-electron chi connectivity index (χ3n) is 4.76. The van der Waals surface area contributed by atoms with Crippen LogP contribution in [0.2, 0.25) is 0 Å². The van der Waals surface area contributed by atoms with E-state index in [1.165, 1.54) is 24.5 Å². The number of hydrogen-bond donors (Lipinski definition) is 2. The second kappa shape index (κ2) is 7.97. The van der Waals surface area contributed by atoms with E-state index in [0.717, 1.165) is 12.8 Å². The number of rotatable bonds is 5. The van der Waals surface area contributed by atoms with E-state index in [1.54, 1.807) is 6.07 Å². The highest BCUT2D eigenvalue weighted by Crippen LogP contribution is 2.42. The third-order valence-corrected chi connectivity index (χ3v) is 4.76. The summed E-state index contributed by atoms with van der Waals surface area (Å²) in [6.07, 6.45) is 4.39. The van der Waals surface area contributed by atoms with Crippen LogP contribution in [0.3, 0.4) is 0 Å². The molecular weight excluding hydrogens is 350 g/mol. The zero-order chi connectivity index (χ0) is 17.2. The standard InChI is InChI=1S/C18H20F2N2O2.ClH/c19-14-4-3-5-15(20)16(14)18(6-1-2-7-18)11-22-17(23)12-8-13(9-21)24-10-12;/h3-5,8,10H,1-2,6-7,9,11,21H2,(H,22,23);1H. The Morgan fingerprint density at radius 3 is 2.44 bits per heavy atom. The van der Waals surface area contributed by atoms with Crippen LogP contribution in [0, 0.1) is 11.6 Å². The summed E-state index contributed by atoms with van der Waals surface area (Å²) in [5.41, 5.74) is 5.20. The molecule has 1 heterocycles. The van der Waals surface area contributed by atoms with Gasteiger partial charge in [-0.15, -0.1) is 12.4 Å². The van der Waals surface area contributed by atoms with Crippen molar-refractivity contribution in [1.29, 1.82) is 0 Å². The van der Waals surface area contributed by atoms with Crippen molar-refractivity contribution in [2.45, 2.75) is 37.6 Å². The van der Waals surface area contributed by atoms with Gasteiger partial charge in [0, 0.05) is 17.5 Å². The lowest BCUT2D eigenvalue weighted by Crippen LogP contribution is -2.40. The fraction of sp³-hybridized carbons (Fsp3) is 0.389. The van der Waals surface area contributed by atoms with E-state index in [4.69, 9.17) is 10.2 Å². The molecule has 0 radical (unpaired) electrons. The van der Waals surface area contributed by atoms with Crippen LogP contribution in [0.5, 0.6) is 0 Å². The molecule has 1 saturated carbocycles. The first-order valence-electron chi connectivity index (χ1n) is 8.06. The lowest BCUT2D eigenvalue weighted by atomic mass is 9.78. The smallest absolute Gasteiger partial charge is 0.254 e. The second-order valence-corrected chi connectivity index (χ2v) is 6.27. The summed E-state index contributed by atoms with van der Waals surface area (Å²) in [7, 11) is 0. The van der Waals surface area contributed by atoms with Crippen LogP contribution < -0.4 is 11.1 Å². The Kier molecular flexibility index (Phi) is 6.19. The molecule has 0 atom stereocenters. The molecule has 1 aliphatic carbocycles. The number of carbonyl (C=O) groups excluding carboxylic acids is 1. The van der Waals surface area contributed by atoms with E-state index < -0.39 is 17.0 Å². The van der Waals surface area contributed by atoms with Gasteiger partial charge in [-0.3, -0.25) is 4.79 Å². The van der Waals surface area contributed by atoms with Gasteiger partial charge in [0.05, 0.1) is 12.1 Å². The van der Waals surface area contributed by atoms with Gasteiger partial charge in [0.1, 0.15) is 23.7 Å². The molecule has 1 amide bonds. The van der Waals surface area contributed by atoms with Crippen molar-refractivity contribution >= 4 is 18.3 Å². The van der Waals surface area contributed by atoms with Gasteiger partial charge in [-0.1, -0.05) is 18.9 Å². The lowest BCUT2D eigenvalue weighted by molar-refractivity contribution is 0.0941. The Hall–Kier alpha value is -1.92. The van der Waals surface area contributed by atoms with E-state index in [-0.39, 0.29) is 37.0 Å². The van der Waals surface area contributed by atoms with Crippen molar-refractivity contribution in [3.8, 4) is 0 Å². The van der Waals surface area contributed by atoms with E-state index >= 15 is 0 Å². The molecule has 0 aliphatic heterocycles. The van der Waals surface area contributed by atoms with Crippen LogP contribution in [-0.4, -0.2) is 12.5 Å². The molecule has 1 aromatic carbocycles. The summed E-state index contributed by atoms with van der Waals surface area (Å²) < 4.78 is 33.7. The first-order valence-corrected chi connectivity index (χ1v) is 8.06. The molecular formula is C18H21ClF2N2O2. The number of amides is 1. The van der Waals surface area contributed by atoms with Crippen LogP contribution in [0.15, 0.2) is 34.9 Å². The summed E-state index contributed by atoms with van der Waals surface area (Å²) in [5, 5.41) is 2.80. The topological polar surface area (TPSA) is 68.3 Å². The van der Waals surface area contributed by atoms with E-state index in [1.807, 2.05) is 0 Å². The average molecular weight is 371 g/mol. The number of benzene rings is 1. The van der Waals surface area contributed by atoms with Gasteiger partial charge < -0.3 is 15.5 Å². The zero-order valence-electron chi connectivity index (χ0n) is 13.7. The maximum Gasteiger partial charge on any atom is 0.254 e. The Morgan fingerprint density at radius 1 is 1.24 bits per heavy atom. The SMILES string of the molecule is Cl.NCc1cc(C(=O)NCC2(c3c(F)cccc3F)CCCC2)co1. The molecule has 136 valence electrons. The van der Waals surface area contributed by atoms with E-state index in [9.17, 15) is 13.6 Å². The molecule has 2 aromatic rings. The van der Waals surface area contributed by atoms with Crippen LogP contribution in [-0.2, 0) is 12.0 Å². The predicted octanol–water partition coefficient (Wildman–Crippen LogP) is 3.68. The van der Waals surface area contributed by atoms with Gasteiger partial charge in [0.2, 0.25) is 0 Å². The third kappa shape index (κ3) is 3.85. The molecule has 1 fully saturated rings. The van der Waals surface area contributed by atoms with Gasteiger partial charge >= 0.3 is 0 Å². The molecule has 1 aliphatic rings. The minimum Gasteiger partial charge on any atom is -0.467 e. The molecule has 4 nitrogen and oxygen atoms in total. The Morgan fingerprint density at radius 2 is 1.88 bits per heavy atom. The van der Waals surface area contributed by atoms with Crippen LogP contribution in [0.25, 0.3) is 0 Å². The molecule has 3 rings (SSSR count). The molecule has 0 saturated heterocycles. The Balaban J connectivity index is 0.00000225. The number of nitrogens with two attached hydrogens (primary N) is 1. The monoisotopic (exact) mass is 370 g/mol. The van der Waals surface area contributed by atoms with Crippen molar-refractivity contribution in [2.75, 3.05) is 6.54 Å². The summed E-state index contributed by atoms with van der Waals surface area (Å²) >= 11 is 0. The quantitative estimate of drug-likeness (QED) is 0.843. The highest BCUT2D eigenvalue weighted by atomic mass is 35.5.